The fraction of sp³-hybridized carbons (Fsp3) is 0.500. The third kappa shape index (κ3) is 3.60. The fourth-order valence-electron chi connectivity index (χ4n) is 2.85. The van der Waals surface area contributed by atoms with Crippen LogP contribution in [-0.4, -0.2) is 23.0 Å². The third-order valence-corrected chi connectivity index (χ3v) is 4.31. The van der Waals surface area contributed by atoms with Crippen molar-refractivity contribution < 1.29 is 19.1 Å². The zero-order valence-corrected chi connectivity index (χ0v) is 12.1. The Morgan fingerprint density at radius 3 is 2.62 bits per heavy atom. The maximum Gasteiger partial charge on any atom is 0.311 e. The van der Waals surface area contributed by atoms with E-state index in [1.807, 2.05) is 0 Å². The summed E-state index contributed by atoms with van der Waals surface area (Å²) in [4.78, 5) is 23.5. The summed E-state index contributed by atoms with van der Waals surface area (Å²) in [5.74, 6) is -1.43. The van der Waals surface area contributed by atoms with Gasteiger partial charge in [-0.15, -0.1) is 0 Å². The average molecular weight is 293 g/mol. The Bertz CT molecular complexity index is 529. The summed E-state index contributed by atoms with van der Waals surface area (Å²) < 4.78 is 12.8. The molecule has 21 heavy (non-hydrogen) atoms. The Labute approximate surface area is 123 Å². The van der Waals surface area contributed by atoms with E-state index < -0.39 is 11.4 Å². The second-order valence-electron chi connectivity index (χ2n) is 5.89. The van der Waals surface area contributed by atoms with Gasteiger partial charge in [0.2, 0.25) is 5.91 Å². The van der Waals surface area contributed by atoms with Gasteiger partial charge < -0.3 is 10.4 Å². The number of nitrogens with one attached hydrogen (secondary N) is 1. The number of hydrogen-bond acceptors (Lipinski definition) is 2. The van der Waals surface area contributed by atoms with Crippen molar-refractivity contribution in [1.82, 2.24) is 5.32 Å². The van der Waals surface area contributed by atoms with E-state index in [2.05, 4.69) is 5.32 Å². The molecule has 1 aliphatic carbocycles. The van der Waals surface area contributed by atoms with Crippen LogP contribution in [0.1, 0.15) is 38.2 Å². The molecule has 4 nitrogen and oxygen atoms in total. The summed E-state index contributed by atoms with van der Waals surface area (Å²) in [6.07, 6.45) is 3.17. The van der Waals surface area contributed by atoms with Crippen LogP contribution in [0.4, 0.5) is 4.39 Å². The first-order chi connectivity index (χ1) is 9.91. The summed E-state index contributed by atoms with van der Waals surface area (Å²) in [5, 5.41) is 12.2. The van der Waals surface area contributed by atoms with Crippen LogP contribution < -0.4 is 5.32 Å². The van der Waals surface area contributed by atoms with Gasteiger partial charge in [-0.1, -0.05) is 25.0 Å². The molecule has 2 atom stereocenters. The predicted molar refractivity (Wildman–Crippen MR) is 76.2 cm³/mol. The molecule has 0 saturated heterocycles. The van der Waals surface area contributed by atoms with Gasteiger partial charge in [-0.25, -0.2) is 4.39 Å². The van der Waals surface area contributed by atoms with Crippen molar-refractivity contribution >= 4 is 11.9 Å². The molecule has 0 spiro atoms. The predicted octanol–water partition coefficient (Wildman–Crippen LogP) is 2.52. The third-order valence-electron chi connectivity index (χ3n) is 4.31. The molecule has 0 aliphatic heterocycles. The molecule has 2 rings (SSSR count). The summed E-state index contributed by atoms with van der Waals surface area (Å²) in [6, 6.07) is 5.39. The number of amides is 1. The zero-order chi connectivity index (χ0) is 15.5. The normalized spacial score (nSPS) is 25.3. The lowest BCUT2D eigenvalue weighted by atomic mass is 9.71. The fourth-order valence-corrected chi connectivity index (χ4v) is 2.85. The molecule has 2 unspecified atom stereocenters. The van der Waals surface area contributed by atoms with Crippen LogP contribution >= 0.6 is 0 Å². The molecule has 0 heterocycles. The van der Waals surface area contributed by atoms with E-state index in [0.717, 1.165) is 12.8 Å². The van der Waals surface area contributed by atoms with Gasteiger partial charge in [0.05, 0.1) is 11.8 Å². The second-order valence-corrected chi connectivity index (χ2v) is 5.89. The van der Waals surface area contributed by atoms with Crippen LogP contribution in [-0.2, 0) is 16.0 Å². The Morgan fingerprint density at radius 1 is 1.33 bits per heavy atom. The number of halogens is 1. The molecule has 0 bridgehead atoms. The van der Waals surface area contributed by atoms with Crippen molar-refractivity contribution in [3.8, 4) is 0 Å². The van der Waals surface area contributed by atoms with Gasteiger partial charge in [-0.2, -0.15) is 0 Å². The van der Waals surface area contributed by atoms with Gasteiger partial charge in [-0.3, -0.25) is 9.59 Å². The summed E-state index contributed by atoms with van der Waals surface area (Å²) >= 11 is 0. The van der Waals surface area contributed by atoms with E-state index in [1.165, 1.54) is 12.1 Å². The zero-order valence-electron chi connectivity index (χ0n) is 12.1. The van der Waals surface area contributed by atoms with Crippen molar-refractivity contribution in [2.45, 2.75) is 45.1 Å². The monoisotopic (exact) mass is 293 g/mol. The number of hydrogen-bond donors (Lipinski definition) is 2. The Kier molecular flexibility index (Phi) is 4.60. The first-order valence-electron chi connectivity index (χ1n) is 7.19. The van der Waals surface area contributed by atoms with Crippen LogP contribution in [0.5, 0.6) is 0 Å². The van der Waals surface area contributed by atoms with E-state index in [0.29, 0.717) is 18.4 Å². The van der Waals surface area contributed by atoms with Crippen molar-refractivity contribution in [3.63, 3.8) is 0 Å². The summed E-state index contributed by atoms with van der Waals surface area (Å²) in [7, 11) is 0. The van der Waals surface area contributed by atoms with Crippen molar-refractivity contribution in [2.75, 3.05) is 0 Å². The highest BCUT2D eigenvalue weighted by Gasteiger charge is 2.43. The number of carbonyl (C=O) groups is 2. The van der Waals surface area contributed by atoms with Gasteiger partial charge in [-0.05, 0) is 37.5 Å². The lowest BCUT2D eigenvalue weighted by Gasteiger charge is -2.38. The smallest absolute Gasteiger partial charge is 0.311 e. The molecule has 2 N–H and O–H groups in total. The molecular formula is C16H20FNO3. The Hall–Kier alpha value is -1.91. The summed E-state index contributed by atoms with van der Waals surface area (Å²) in [6.45, 7) is 1.69. The molecule has 1 aromatic carbocycles. The SMILES string of the molecule is CC1(C(=O)O)CCCCC1NC(=O)Cc1ccc(F)cc1. The molecule has 1 amide bonds. The standard InChI is InChI=1S/C16H20FNO3/c1-16(15(20)21)9-3-2-4-13(16)18-14(19)10-11-5-7-12(17)8-6-11/h5-8,13H,2-4,9-10H2,1H3,(H,18,19)(H,20,21). The number of carbonyl (C=O) groups excluding carboxylic acids is 1. The first kappa shape index (κ1) is 15.5. The van der Waals surface area contributed by atoms with Crippen LogP contribution in [0.25, 0.3) is 0 Å². The molecule has 1 saturated carbocycles. The minimum absolute atomic E-state index is 0.131. The molecule has 0 radical (unpaired) electrons. The quantitative estimate of drug-likeness (QED) is 0.896. The minimum Gasteiger partial charge on any atom is -0.481 e. The lowest BCUT2D eigenvalue weighted by molar-refractivity contribution is -0.152. The summed E-state index contributed by atoms with van der Waals surface area (Å²) in [5.41, 5.74) is -0.196. The molecule has 1 fully saturated rings. The Morgan fingerprint density at radius 2 is 2.00 bits per heavy atom. The van der Waals surface area contributed by atoms with E-state index in [1.54, 1.807) is 19.1 Å². The second kappa shape index (κ2) is 6.24. The van der Waals surface area contributed by atoms with Crippen molar-refractivity contribution in [1.29, 1.82) is 0 Å². The van der Waals surface area contributed by atoms with Crippen LogP contribution in [0.3, 0.4) is 0 Å². The van der Waals surface area contributed by atoms with Crippen LogP contribution in [0.15, 0.2) is 24.3 Å². The molecule has 0 aromatic heterocycles. The maximum atomic E-state index is 12.8. The highest BCUT2D eigenvalue weighted by molar-refractivity contribution is 5.81. The number of benzene rings is 1. The van der Waals surface area contributed by atoms with Gasteiger partial charge in [0.15, 0.2) is 0 Å². The number of rotatable bonds is 4. The van der Waals surface area contributed by atoms with Gasteiger partial charge in [0.1, 0.15) is 5.82 Å². The average Bonchev–Trinajstić information content (AvgIpc) is 2.44. The first-order valence-corrected chi connectivity index (χ1v) is 7.19. The van der Waals surface area contributed by atoms with E-state index >= 15 is 0 Å². The minimum atomic E-state index is -0.906. The molecule has 114 valence electrons. The molecule has 1 aliphatic rings. The highest BCUT2D eigenvalue weighted by atomic mass is 19.1. The van der Waals surface area contributed by atoms with Gasteiger partial charge in [0, 0.05) is 6.04 Å². The van der Waals surface area contributed by atoms with E-state index in [9.17, 15) is 19.1 Å². The number of aliphatic carboxylic acids is 1. The maximum absolute atomic E-state index is 12.8. The highest BCUT2D eigenvalue weighted by Crippen LogP contribution is 2.36. The molecule has 5 heteroatoms. The largest absolute Gasteiger partial charge is 0.481 e. The van der Waals surface area contributed by atoms with Gasteiger partial charge >= 0.3 is 5.97 Å². The molecular weight excluding hydrogens is 273 g/mol. The van der Waals surface area contributed by atoms with Crippen molar-refractivity contribution in [2.24, 2.45) is 5.41 Å². The number of carboxylic acid groups (broad SMARTS) is 1. The lowest BCUT2D eigenvalue weighted by Crippen LogP contribution is -2.52. The van der Waals surface area contributed by atoms with Gasteiger partial charge in [0.25, 0.3) is 0 Å². The van der Waals surface area contributed by atoms with Crippen LogP contribution in [0.2, 0.25) is 0 Å². The van der Waals surface area contributed by atoms with E-state index in [-0.39, 0.29) is 24.2 Å². The Balaban J connectivity index is 2.00. The topological polar surface area (TPSA) is 66.4 Å². The number of carboxylic acids is 1. The molecule has 1 aromatic rings. The van der Waals surface area contributed by atoms with Crippen LogP contribution in [0, 0.1) is 11.2 Å². The van der Waals surface area contributed by atoms with Crippen molar-refractivity contribution in [3.05, 3.63) is 35.6 Å². The van der Waals surface area contributed by atoms with E-state index in [4.69, 9.17) is 0 Å².